The second-order valence-electron chi connectivity index (χ2n) is 6.45. The summed E-state index contributed by atoms with van der Waals surface area (Å²) >= 11 is 0. The number of ether oxygens (including phenoxy) is 3. The molecule has 0 bridgehead atoms. The van der Waals surface area contributed by atoms with Gasteiger partial charge in [-0.15, -0.1) is 0 Å². The van der Waals surface area contributed by atoms with E-state index in [-0.39, 0.29) is 5.56 Å². The Morgan fingerprint density at radius 3 is 2.13 bits per heavy atom. The van der Waals surface area contributed by atoms with Crippen LogP contribution in [0.4, 0.5) is 0 Å². The highest BCUT2D eigenvalue weighted by molar-refractivity contribution is 5.89. The standard InChI is InChI=1S/C20H19N3O7/c21-23-22-15-17(30-19(26)13-9-5-2-6-10-13)16(24)14(29-20(15)27)11-28-18(25)12-7-3-1-4-8-12/h1-10,14-17,20,24,27H,11H2/t14?,15?,16-,17-,20?/m1/s1. The molecule has 1 saturated heterocycles. The minimum Gasteiger partial charge on any atom is -0.459 e. The Morgan fingerprint density at radius 2 is 1.57 bits per heavy atom. The number of hydrogen-bond donors (Lipinski definition) is 2. The second kappa shape index (κ2) is 9.86. The van der Waals surface area contributed by atoms with Gasteiger partial charge in [-0.05, 0) is 29.8 Å². The summed E-state index contributed by atoms with van der Waals surface area (Å²) in [7, 11) is 0. The summed E-state index contributed by atoms with van der Waals surface area (Å²) in [6.07, 6.45) is -5.84. The van der Waals surface area contributed by atoms with E-state index in [4.69, 9.17) is 19.7 Å². The third-order valence-electron chi connectivity index (χ3n) is 4.49. The largest absolute Gasteiger partial charge is 0.459 e. The monoisotopic (exact) mass is 413 g/mol. The number of aliphatic hydroxyl groups excluding tert-OH is 2. The number of aliphatic hydroxyl groups is 2. The predicted octanol–water partition coefficient (Wildman–Crippen LogP) is 1.83. The van der Waals surface area contributed by atoms with Crippen LogP contribution >= 0.6 is 0 Å². The molecule has 3 unspecified atom stereocenters. The van der Waals surface area contributed by atoms with Crippen LogP contribution in [0.1, 0.15) is 20.7 Å². The predicted molar refractivity (Wildman–Crippen MR) is 102 cm³/mol. The molecule has 5 atom stereocenters. The van der Waals surface area contributed by atoms with Crippen LogP contribution in [0.3, 0.4) is 0 Å². The summed E-state index contributed by atoms with van der Waals surface area (Å²) < 4.78 is 15.7. The van der Waals surface area contributed by atoms with E-state index in [1.807, 2.05) is 0 Å². The maximum atomic E-state index is 12.4. The number of hydrogen-bond acceptors (Lipinski definition) is 8. The summed E-state index contributed by atoms with van der Waals surface area (Å²) in [6, 6.07) is 14.8. The van der Waals surface area contributed by atoms with E-state index in [0.29, 0.717) is 5.56 Å². The zero-order chi connectivity index (χ0) is 21.5. The lowest BCUT2D eigenvalue weighted by molar-refractivity contribution is -0.248. The lowest BCUT2D eigenvalue weighted by atomic mass is 9.97. The second-order valence-corrected chi connectivity index (χ2v) is 6.45. The Kier molecular flexibility index (Phi) is 6.99. The Hall–Kier alpha value is -3.43. The molecule has 2 aromatic carbocycles. The first kappa shape index (κ1) is 21.3. The molecule has 1 heterocycles. The van der Waals surface area contributed by atoms with Gasteiger partial charge in [0.15, 0.2) is 6.29 Å². The lowest BCUT2D eigenvalue weighted by Crippen LogP contribution is -2.59. The van der Waals surface area contributed by atoms with Crippen molar-refractivity contribution in [1.29, 1.82) is 0 Å². The normalized spacial score (nSPS) is 25.6. The van der Waals surface area contributed by atoms with Crippen molar-refractivity contribution in [3.8, 4) is 0 Å². The number of rotatable bonds is 6. The molecule has 0 saturated carbocycles. The molecule has 156 valence electrons. The fourth-order valence-electron chi connectivity index (χ4n) is 2.96. The van der Waals surface area contributed by atoms with Crippen LogP contribution < -0.4 is 0 Å². The SMILES string of the molecule is [N-]=[N+]=NC1C(O)OC(COC(=O)c2ccccc2)[C@@H](O)[C@@H]1OC(=O)c1ccccc1. The number of carbonyl (C=O) groups is 2. The number of nitrogens with zero attached hydrogens (tertiary/aromatic N) is 3. The molecular formula is C20H19N3O7. The van der Waals surface area contributed by atoms with E-state index in [0.717, 1.165) is 0 Å². The van der Waals surface area contributed by atoms with Crippen molar-refractivity contribution in [3.05, 3.63) is 82.2 Å². The molecule has 3 rings (SSSR count). The molecule has 30 heavy (non-hydrogen) atoms. The van der Waals surface area contributed by atoms with Crippen LogP contribution in [0.5, 0.6) is 0 Å². The number of benzene rings is 2. The smallest absolute Gasteiger partial charge is 0.338 e. The highest BCUT2D eigenvalue weighted by Gasteiger charge is 2.47. The van der Waals surface area contributed by atoms with Gasteiger partial charge in [-0.25, -0.2) is 9.59 Å². The van der Waals surface area contributed by atoms with Gasteiger partial charge in [0, 0.05) is 4.91 Å². The molecule has 2 aromatic rings. The van der Waals surface area contributed by atoms with Crippen molar-refractivity contribution >= 4 is 11.9 Å². The lowest BCUT2D eigenvalue weighted by Gasteiger charge is -2.40. The molecule has 1 fully saturated rings. The van der Waals surface area contributed by atoms with E-state index >= 15 is 0 Å². The van der Waals surface area contributed by atoms with Gasteiger partial charge in [-0.2, -0.15) is 0 Å². The highest BCUT2D eigenvalue weighted by Crippen LogP contribution is 2.26. The van der Waals surface area contributed by atoms with E-state index in [9.17, 15) is 19.8 Å². The van der Waals surface area contributed by atoms with Crippen molar-refractivity contribution in [3.63, 3.8) is 0 Å². The number of esters is 2. The average Bonchev–Trinajstić information content (AvgIpc) is 2.78. The molecule has 1 aliphatic rings. The quantitative estimate of drug-likeness (QED) is 0.317. The zero-order valence-corrected chi connectivity index (χ0v) is 15.6. The van der Waals surface area contributed by atoms with Crippen molar-refractivity contribution in [2.75, 3.05) is 6.61 Å². The molecule has 1 aliphatic heterocycles. The Morgan fingerprint density at radius 1 is 1.00 bits per heavy atom. The number of azide groups is 1. The summed E-state index contributed by atoms with van der Waals surface area (Å²) in [5.74, 6) is -1.44. The molecule has 0 aromatic heterocycles. The first-order valence-corrected chi connectivity index (χ1v) is 9.05. The van der Waals surface area contributed by atoms with Gasteiger partial charge < -0.3 is 24.4 Å². The van der Waals surface area contributed by atoms with Crippen molar-refractivity contribution in [2.24, 2.45) is 5.11 Å². The minimum atomic E-state index is -1.68. The van der Waals surface area contributed by atoms with Gasteiger partial charge in [0.25, 0.3) is 0 Å². The third kappa shape index (κ3) is 4.94. The number of carbonyl (C=O) groups excluding carboxylic acids is 2. The van der Waals surface area contributed by atoms with Gasteiger partial charge in [0.1, 0.15) is 31.0 Å². The Bertz CT molecular complexity index is 919. The molecule has 10 heteroatoms. The van der Waals surface area contributed by atoms with Gasteiger partial charge in [-0.3, -0.25) is 0 Å². The maximum absolute atomic E-state index is 12.4. The molecule has 0 amide bonds. The van der Waals surface area contributed by atoms with Crippen LogP contribution in [-0.2, 0) is 14.2 Å². The summed E-state index contributed by atoms with van der Waals surface area (Å²) in [5.41, 5.74) is 9.26. The molecule has 0 aliphatic carbocycles. The van der Waals surface area contributed by atoms with E-state index < -0.39 is 49.2 Å². The molecule has 10 nitrogen and oxygen atoms in total. The van der Waals surface area contributed by atoms with E-state index in [2.05, 4.69) is 10.0 Å². The minimum absolute atomic E-state index is 0.206. The van der Waals surface area contributed by atoms with Gasteiger partial charge in [0.2, 0.25) is 0 Å². The van der Waals surface area contributed by atoms with E-state index in [1.165, 1.54) is 12.1 Å². The van der Waals surface area contributed by atoms with Crippen molar-refractivity contribution < 1.29 is 34.0 Å². The molecule has 0 spiro atoms. The van der Waals surface area contributed by atoms with Gasteiger partial charge >= 0.3 is 11.9 Å². The van der Waals surface area contributed by atoms with Crippen LogP contribution in [-0.4, -0.2) is 59.4 Å². The summed E-state index contributed by atoms with van der Waals surface area (Å²) in [6.45, 7) is -0.422. The molecule has 2 N–H and O–H groups in total. The van der Waals surface area contributed by atoms with E-state index in [1.54, 1.807) is 48.5 Å². The first-order chi connectivity index (χ1) is 14.5. The van der Waals surface area contributed by atoms with Crippen molar-refractivity contribution in [2.45, 2.75) is 30.6 Å². The molecule has 0 radical (unpaired) electrons. The maximum Gasteiger partial charge on any atom is 0.338 e. The fraction of sp³-hybridized carbons (Fsp3) is 0.300. The van der Waals surface area contributed by atoms with Crippen LogP contribution in [0.2, 0.25) is 0 Å². The Balaban J connectivity index is 1.72. The molecular weight excluding hydrogens is 394 g/mol. The fourth-order valence-corrected chi connectivity index (χ4v) is 2.96. The summed E-state index contributed by atoms with van der Waals surface area (Å²) in [4.78, 5) is 27.1. The average molecular weight is 413 g/mol. The van der Waals surface area contributed by atoms with Crippen molar-refractivity contribution in [1.82, 2.24) is 0 Å². The van der Waals surface area contributed by atoms with Gasteiger partial charge in [0.05, 0.1) is 11.1 Å². The van der Waals surface area contributed by atoms with Crippen LogP contribution in [0.25, 0.3) is 10.4 Å². The van der Waals surface area contributed by atoms with Crippen LogP contribution in [0.15, 0.2) is 65.8 Å². The van der Waals surface area contributed by atoms with Gasteiger partial charge in [-0.1, -0.05) is 41.5 Å². The highest BCUT2D eigenvalue weighted by atomic mass is 16.6. The van der Waals surface area contributed by atoms with Crippen LogP contribution in [0, 0.1) is 0 Å². The topological polar surface area (TPSA) is 151 Å². The Labute approximate surface area is 171 Å². The first-order valence-electron chi connectivity index (χ1n) is 9.05. The zero-order valence-electron chi connectivity index (χ0n) is 15.6. The summed E-state index contributed by atoms with van der Waals surface area (Å²) in [5, 5.41) is 24.2. The third-order valence-corrected chi connectivity index (χ3v) is 4.49.